The maximum Gasteiger partial charge on any atom is 0.162 e. The van der Waals surface area contributed by atoms with Gasteiger partial charge in [-0.15, -0.1) is 0 Å². The standard InChI is InChI=1S/C25H30N4O2/c1-28(2)21-8-6-5-7-18(21)17-11-12-29(15-17)25-19-13-22(30-3)23(31-4)14-20(19)26-24(27-25)16-9-10-16/h5-8,13-14,16-17H,9-12,15H2,1-4H3. The maximum atomic E-state index is 5.58. The first-order chi connectivity index (χ1) is 15.1. The number of hydrogen-bond donors (Lipinski definition) is 0. The molecule has 6 nitrogen and oxygen atoms in total. The van der Waals surface area contributed by atoms with E-state index >= 15 is 0 Å². The van der Waals surface area contributed by atoms with Gasteiger partial charge in [-0.1, -0.05) is 18.2 Å². The second-order valence-corrected chi connectivity index (χ2v) is 8.79. The maximum absolute atomic E-state index is 5.58. The Balaban J connectivity index is 1.55. The van der Waals surface area contributed by atoms with E-state index in [1.807, 2.05) is 12.1 Å². The SMILES string of the molecule is COc1cc2nc(C3CC3)nc(N3CCC(c4ccccc4N(C)C)C3)c2cc1OC. The highest BCUT2D eigenvalue weighted by molar-refractivity contribution is 5.92. The van der Waals surface area contributed by atoms with Crippen LogP contribution in [0.4, 0.5) is 11.5 Å². The van der Waals surface area contributed by atoms with Gasteiger partial charge in [0.1, 0.15) is 11.6 Å². The van der Waals surface area contributed by atoms with Crippen LogP contribution in [0.25, 0.3) is 10.9 Å². The molecule has 3 aromatic rings. The summed E-state index contributed by atoms with van der Waals surface area (Å²) in [6.07, 6.45) is 3.47. The van der Waals surface area contributed by atoms with E-state index < -0.39 is 0 Å². The lowest BCUT2D eigenvalue weighted by atomic mass is 9.96. The van der Waals surface area contributed by atoms with Crippen molar-refractivity contribution >= 4 is 22.4 Å². The summed E-state index contributed by atoms with van der Waals surface area (Å²) >= 11 is 0. The van der Waals surface area contributed by atoms with Gasteiger partial charge in [-0.05, 0) is 37.0 Å². The summed E-state index contributed by atoms with van der Waals surface area (Å²) < 4.78 is 11.1. The van der Waals surface area contributed by atoms with Gasteiger partial charge in [-0.3, -0.25) is 0 Å². The molecule has 1 aromatic heterocycles. The highest BCUT2D eigenvalue weighted by Crippen LogP contribution is 2.43. The largest absolute Gasteiger partial charge is 0.493 e. The van der Waals surface area contributed by atoms with Crippen molar-refractivity contribution in [2.45, 2.75) is 31.1 Å². The number of hydrogen-bond acceptors (Lipinski definition) is 6. The van der Waals surface area contributed by atoms with E-state index in [2.05, 4.69) is 48.2 Å². The van der Waals surface area contributed by atoms with Gasteiger partial charge in [0.15, 0.2) is 11.5 Å². The zero-order valence-corrected chi connectivity index (χ0v) is 18.8. The number of para-hydroxylation sites is 1. The van der Waals surface area contributed by atoms with Crippen molar-refractivity contribution in [2.75, 3.05) is 51.2 Å². The fourth-order valence-electron chi connectivity index (χ4n) is 4.67. The van der Waals surface area contributed by atoms with E-state index in [9.17, 15) is 0 Å². The minimum atomic E-state index is 0.480. The Hall–Kier alpha value is -3.02. The van der Waals surface area contributed by atoms with Gasteiger partial charge in [0.05, 0.1) is 19.7 Å². The molecule has 6 heteroatoms. The van der Waals surface area contributed by atoms with Gasteiger partial charge < -0.3 is 19.3 Å². The van der Waals surface area contributed by atoms with Crippen LogP contribution < -0.4 is 19.3 Å². The van der Waals surface area contributed by atoms with Gasteiger partial charge in [-0.25, -0.2) is 9.97 Å². The third kappa shape index (κ3) is 3.64. The number of methoxy groups -OCH3 is 2. The second-order valence-electron chi connectivity index (χ2n) is 8.79. The normalized spacial score (nSPS) is 18.5. The highest BCUT2D eigenvalue weighted by atomic mass is 16.5. The Morgan fingerprint density at radius 1 is 0.935 bits per heavy atom. The Kier molecular flexibility index (Phi) is 5.08. The predicted octanol–water partition coefficient (Wildman–Crippen LogP) is 4.58. The fourth-order valence-corrected chi connectivity index (χ4v) is 4.67. The summed E-state index contributed by atoms with van der Waals surface area (Å²) in [6.45, 7) is 1.94. The minimum Gasteiger partial charge on any atom is -0.493 e. The van der Waals surface area contributed by atoms with Gasteiger partial charge in [0, 0.05) is 56.2 Å². The Bertz CT molecular complexity index is 1110. The van der Waals surface area contributed by atoms with Crippen LogP contribution in [0.2, 0.25) is 0 Å². The number of fused-ring (bicyclic) bond motifs is 1. The van der Waals surface area contributed by atoms with Crippen LogP contribution in [-0.4, -0.2) is 51.4 Å². The third-order valence-corrected chi connectivity index (χ3v) is 6.49. The molecule has 162 valence electrons. The van der Waals surface area contributed by atoms with Crippen LogP contribution in [0.1, 0.15) is 42.5 Å². The summed E-state index contributed by atoms with van der Waals surface area (Å²) in [5.41, 5.74) is 3.64. The molecule has 1 saturated heterocycles. The number of ether oxygens (including phenoxy) is 2. The lowest BCUT2D eigenvalue weighted by molar-refractivity contribution is 0.355. The topological polar surface area (TPSA) is 50.7 Å². The molecular formula is C25H30N4O2. The number of nitrogens with zero attached hydrogens (tertiary/aromatic N) is 4. The van der Waals surface area contributed by atoms with Crippen LogP contribution in [0.5, 0.6) is 11.5 Å². The molecule has 31 heavy (non-hydrogen) atoms. The van der Waals surface area contributed by atoms with Gasteiger partial charge in [-0.2, -0.15) is 0 Å². The van der Waals surface area contributed by atoms with E-state index in [0.29, 0.717) is 23.3 Å². The molecule has 2 heterocycles. The zero-order valence-electron chi connectivity index (χ0n) is 18.8. The molecule has 1 aliphatic heterocycles. The summed E-state index contributed by atoms with van der Waals surface area (Å²) in [7, 11) is 7.57. The minimum absolute atomic E-state index is 0.480. The smallest absolute Gasteiger partial charge is 0.162 e. The van der Waals surface area contributed by atoms with Gasteiger partial charge in [0.25, 0.3) is 0 Å². The van der Waals surface area contributed by atoms with Gasteiger partial charge >= 0.3 is 0 Å². The summed E-state index contributed by atoms with van der Waals surface area (Å²) in [6, 6.07) is 12.8. The molecule has 1 atom stereocenters. The molecule has 0 spiro atoms. The number of aromatic nitrogens is 2. The third-order valence-electron chi connectivity index (χ3n) is 6.49. The monoisotopic (exact) mass is 418 g/mol. The first-order valence-electron chi connectivity index (χ1n) is 11.0. The first-order valence-corrected chi connectivity index (χ1v) is 11.0. The molecule has 5 rings (SSSR count). The Morgan fingerprint density at radius 3 is 2.39 bits per heavy atom. The van der Waals surface area contributed by atoms with Crippen LogP contribution in [0, 0.1) is 0 Å². The van der Waals surface area contributed by atoms with Gasteiger partial charge in [0.2, 0.25) is 0 Å². The van der Waals surface area contributed by atoms with Crippen molar-refractivity contribution in [2.24, 2.45) is 0 Å². The fraction of sp³-hybridized carbons (Fsp3) is 0.440. The highest BCUT2D eigenvalue weighted by Gasteiger charge is 2.32. The molecule has 0 radical (unpaired) electrons. The molecule has 1 saturated carbocycles. The van der Waals surface area contributed by atoms with E-state index in [-0.39, 0.29) is 0 Å². The van der Waals surface area contributed by atoms with Crippen molar-refractivity contribution in [3.63, 3.8) is 0 Å². The summed E-state index contributed by atoms with van der Waals surface area (Å²) in [5, 5.41) is 1.03. The molecule has 0 amide bonds. The van der Waals surface area contributed by atoms with E-state index in [0.717, 1.165) is 42.1 Å². The van der Waals surface area contributed by atoms with Crippen LogP contribution >= 0.6 is 0 Å². The summed E-state index contributed by atoms with van der Waals surface area (Å²) in [4.78, 5) is 14.6. The predicted molar refractivity (Wildman–Crippen MR) is 125 cm³/mol. The molecular weight excluding hydrogens is 388 g/mol. The van der Waals surface area contributed by atoms with Crippen molar-refractivity contribution in [3.8, 4) is 11.5 Å². The second kappa shape index (κ2) is 7.91. The quantitative estimate of drug-likeness (QED) is 0.584. The number of benzene rings is 2. The molecule has 2 fully saturated rings. The first kappa shape index (κ1) is 19.9. The van der Waals surface area contributed by atoms with E-state index in [1.54, 1.807) is 14.2 Å². The average Bonchev–Trinajstić information content (AvgIpc) is 3.54. The number of rotatable bonds is 6. The van der Waals surface area contributed by atoms with Crippen LogP contribution in [0.3, 0.4) is 0 Å². The molecule has 0 N–H and O–H groups in total. The molecule has 2 aromatic carbocycles. The molecule has 1 aliphatic carbocycles. The Labute approximate surface area is 183 Å². The van der Waals surface area contributed by atoms with Crippen molar-refractivity contribution in [1.29, 1.82) is 0 Å². The van der Waals surface area contributed by atoms with Crippen molar-refractivity contribution in [1.82, 2.24) is 9.97 Å². The average molecular weight is 419 g/mol. The molecule has 1 unspecified atom stereocenters. The molecule has 0 bridgehead atoms. The van der Waals surface area contributed by atoms with Crippen molar-refractivity contribution < 1.29 is 9.47 Å². The summed E-state index contributed by atoms with van der Waals surface area (Å²) in [5.74, 6) is 4.38. The van der Waals surface area contributed by atoms with E-state index in [4.69, 9.17) is 19.4 Å². The lowest BCUT2D eigenvalue weighted by Gasteiger charge is -2.23. The van der Waals surface area contributed by atoms with Crippen molar-refractivity contribution in [3.05, 3.63) is 47.8 Å². The molecule has 2 aliphatic rings. The Morgan fingerprint density at radius 2 is 1.68 bits per heavy atom. The number of anilines is 2. The van der Waals surface area contributed by atoms with E-state index in [1.165, 1.54) is 24.1 Å². The van der Waals surface area contributed by atoms with Crippen LogP contribution in [0.15, 0.2) is 36.4 Å². The zero-order chi connectivity index (χ0) is 21.5. The lowest BCUT2D eigenvalue weighted by Crippen LogP contribution is -2.22. The van der Waals surface area contributed by atoms with Crippen LogP contribution in [-0.2, 0) is 0 Å².